The Balaban J connectivity index is 1.41. The Morgan fingerprint density at radius 2 is 1.74 bits per heavy atom. The highest BCUT2D eigenvalue weighted by atomic mass is 79.9. The average molecular weight is 710 g/mol. The summed E-state index contributed by atoms with van der Waals surface area (Å²) in [6, 6.07) is 11.4. The lowest BCUT2D eigenvalue weighted by Gasteiger charge is -2.45. The molecule has 43 heavy (non-hydrogen) atoms. The minimum absolute atomic E-state index is 0.0296. The Bertz CT molecular complexity index is 1750. The Hall–Kier alpha value is -2.97. The van der Waals surface area contributed by atoms with Gasteiger partial charge < -0.3 is 4.90 Å². The number of halogens is 3. The first-order valence-electron chi connectivity index (χ1n) is 13.5. The molecule has 0 aliphatic carbocycles. The number of amides is 4. The SMILES string of the molecule is CC(=O)N1CCC2CN(S(=O)(=O)c3cnc4n3C(C)(Cc3ccc(Br)cc3)C(=O)N4c3cc(Cl)cc(Cl)c3)CCN2C1=O. The zero-order valence-corrected chi connectivity index (χ0v) is 27.1. The van der Waals surface area contributed by atoms with Crippen LogP contribution in [0, 0.1) is 0 Å². The Labute approximate surface area is 267 Å². The van der Waals surface area contributed by atoms with E-state index in [1.54, 1.807) is 30.0 Å². The van der Waals surface area contributed by atoms with Crippen LogP contribution in [0.3, 0.4) is 0 Å². The summed E-state index contributed by atoms with van der Waals surface area (Å²) in [5.41, 5.74) is -0.193. The number of carbonyl (C=O) groups excluding carboxylic acids is 3. The molecular formula is C28H27BrCl2N6O5S. The summed E-state index contributed by atoms with van der Waals surface area (Å²) < 4.78 is 32.3. The van der Waals surface area contributed by atoms with Gasteiger partial charge in [-0.05, 0) is 49.2 Å². The highest BCUT2D eigenvalue weighted by molar-refractivity contribution is 9.10. The van der Waals surface area contributed by atoms with Crippen LogP contribution in [0.15, 0.2) is 58.2 Å². The molecule has 0 N–H and O–H groups in total. The molecule has 226 valence electrons. The van der Waals surface area contributed by atoms with E-state index in [9.17, 15) is 22.8 Å². The summed E-state index contributed by atoms with van der Waals surface area (Å²) >= 11 is 16.0. The number of hydrogen-bond donors (Lipinski definition) is 0. The second kappa shape index (κ2) is 10.9. The summed E-state index contributed by atoms with van der Waals surface area (Å²) in [7, 11) is -4.18. The summed E-state index contributed by atoms with van der Waals surface area (Å²) in [6.45, 7) is 3.49. The van der Waals surface area contributed by atoms with Crippen LogP contribution < -0.4 is 4.90 Å². The summed E-state index contributed by atoms with van der Waals surface area (Å²) in [6.07, 6.45) is 1.90. The van der Waals surface area contributed by atoms with E-state index in [2.05, 4.69) is 20.9 Å². The van der Waals surface area contributed by atoms with E-state index >= 15 is 0 Å². The fourth-order valence-electron chi connectivity index (χ4n) is 6.11. The Kier molecular flexibility index (Phi) is 7.61. The third-order valence-corrected chi connectivity index (χ3v) is 11.0. The van der Waals surface area contributed by atoms with Gasteiger partial charge in [0, 0.05) is 60.1 Å². The summed E-state index contributed by atoms with van der Waals surface area (Å²) in [4.78, 5) is 47.6. The number of urea groups is 1. The number of anilines is 2. The lowest BCUT2D eigenvalue weighted by molar-refractivity contribution is -0.128. The second-order valence-corrected chi connectivity index (χ2v) is 14.7. The van der Waals surface area contributed by atoms with Crippen LogP contribution in [-0.2, 0) is 31.6 Å². The number of fused-ring (bicyclic) bond motifs is 2. The second-order valence-electron chi connectivity index (χ2n) is 11.0. The van der Waals surface area contributed by atoms with Crippen molar-refractivity contribution in [3.8, 4) is 0 Å². The van der Waals surface area contributed by atoms with E-state index in [1.165, 1.54) is 31.8 Å². The number of piperazine rings is 1. The monoisotopic (exact) mass is 708 g/mol. The summed E-state index contributed by atoms with van der Waals surface area (Å²) in [5, 5.41) is 0.490. The number of benzene rings is 2. The number of rotatable bonds is 5. The van der Waals surface area contributed by atoms with Crippen LogP contribution in [0.25, 0.3) is 0 Å². The molecule has 2 atom stereocenters. The molecule has 0 bridgehead atoms. The van der Waals surface area contributed by atoms with Gasteiger partial charge in [0.1, 0.15) is 5.54 Å². The molecule has 6 rings (SSSR count). The molecule has 15 heteroatoms. The van der Waals surface area contributed by atoms with Crippen molar-refractivity contribution < 1.29 is 22.8 Å². The minimum atomic E-state index is -4.18. The van der Waals surface area contributed by atoms with Crippen molar-refractivity contribution in [3.63, 3.8) is 0 Å². The van der Waals surface area contributed by atoms with Crippen molar-refractivity contribution in [1.29, 1.82) is 0 Å². The number of hydrogen-bond acceptors (Lipinski definition) is 6. The largest absolute Gasteiger partial charge is 0.327 e. The first-order valence-corrected chi connectivity index (χ1v) is 16.5. The van der Waals surface area contributed by atoms with Crippen molar-refractivity contribution >= 4 is 78.6 Å². The Morgan fingerprint density at radius 1 is 1.07 bits per heavy atom. The van der Waals surface area contributed by atoms with Crippen molar-refractivity contribution in [2.24, 2.45) is 0 Å². The van der Waals surface area contributed by atoms with Gasteiger partial charge in [-0.25, -0.2) is 23.1 Å². The number of sulfonamides is 1. The lowest BCUT2D eigenvalue weighted by atomic mass is 9.92. The van der Waals surface area contributed by atoms with Gasteiger partial charge in [-0.15, -0.1) is 0 Å². The molecule has 2 fully saturated rings. The van der Waals surface area contributed by atoms with Crippen LogP contribution in [0.5, 0.6) is 0 Å². The first-order chi connectivity index (χ1) is 20.3. The average Bonchev–Trinajstić information content (AvgIpc) is 3.47. The predicted octanol–water partition coefficient (Wildman–Crippen LogP) is 4.64. The van der Waals surface area contributed by atoms with Crippen LogP contribution >= 0.6 is 39.1 Å². The number of carbonyl (C=O) groups is 3. The van der Waals surface area contributed by atoms with Crippen LogP contribution in [0.2, 0.25) is 10.0 Å². The van der Waals surface area contributed by atoms with Gasteiger partial charge in [0.25, 0.3) is 15.9 Å². The molecule has 3 aliphatic heterocycles. The Morgan fingerprint density at radius 3 is 2.40 bits per heavy atom. The van der Waals surface area contributed by atoms with Crippen LogP contribution in [0.1, 0.15) is 25.8 Å². The standard InChI is InChI=1S/C28H27BrCl2N6O5S/c1-17(38)34-8-7-22-16-33(9-10-35(22)27(34)40)43(41,42)24-15-32-26-36(23-12-20(30)11-21(31)13-23)25(39)28(2,37(24)26)14-18-3-5-19(29)6-4-18/h3-6,11-13,15,22H,7-10,14,16H2,1-2H3. The minimum Gasteiger partial charge on any atom is -0.319 e. The molecule has 0 radical (unpaired) electrons. The molecular weight excluding hydrogens is 683 g/mol. The van der Waals surface area contributed by atoms with Crippen molar-refractivity contribution in [1.82, 2.24) is 23.7 Å². The van der Waals surface area contributed by atoms with Gasteiger partial charge in [-0.2, -0.15) is 4.31 Å². The molecule has 2 unspecified atom stereocenters. The molecule has 0 spiro atoms. The maximum Gasteiger partial charge on any atom is 0.327 e. The number of imide groups is 1. The van der Waals surface area contributed by atoms with Crippen molar-refractivity contribution in [2.75, 3.05) is 31.1 Å². The van der Waals surface area contributed by atoms with Crippen molar-refractivity contribution in [3.05, 3.63) is 68.7 Å². The zero-order valence-electron chi connectivity index (χ0n) is 23.2. The molecule has 4 amide bonds. The number of nitrogens with zero attached hydrogens (tertiary/aromatic N) is 6. The molecule has 2 saturated heterocycles. The normalized spacial score (nSPS) is 22.6. The molecule has 2 aromatic carbocycles. The van der Waals surface area contributed by atoms with Gasteiger partial charge in [0.05, 0.1) is 11.9 Å². The lowest BCUT2D eigenvalue weighted by Crippen LogP contribution is -2.63. The number of aromatic nitrogens is 2. The van der Waals surface area contributed by atoms with E-state index in [0.717, 1.165) is 10.0 Å². The quantitative estimate of drug-likeness (QED) is 0.382. The maximum absolute atomic E-state index is 14.3. The van der Waals surface area contributed by atoms with Gasteiger partial charge in [0.2, 0.25) is 11.9 Å². The third-order valence-electron chi connectivity index (χ3n) is 8.23. The smallest absolute Gasteiger partial charge is 0.319 e. The van der Waals surface area contributed by atoms with Gasteiger partial charge >= 0.3 is 6.03 Å². The highest BCUT2D eigenvalue weighted by Gasteiger charge is 2.53. The predicted molar refractivity (Wildman–Crippen MR) is 164 cm³/mol. The van der Waals surface area contributed by atoms with E-state index in [0.29, 0.717) is 22.2 Å². The molecule has 1 aromatic heterocycles. The highest BCUT2D eigenvalue weighted by Crippen LogP contribution is 2.45. The fourth-order valence-corrected chi connectivity index (χ4v) is 8.54. The van der Waals surface area contributed by atoms with Gasteiger partial charge in [-0.3, -0.25) is 19.1 Å². The molecule has 0 saturated carbocycles. The van der Waals surface area contributed by atoms with Gasteiger partial charge in [0.15, 0.2) is 5.03 Å². The fraction of sp³-hybridized carbons (Fsp3) is 0.357. The van der Waals surface area contributed by atoms with E-state index in [4.69, 9.17) is 23.2 Å². The van der Waals surface area contributed by atoms with Crippen LogP contribution in [0.4, 0.5) is 16.4 Å². The van der Waals surface area contributed by atoms with E-state index in [-0.39, 0.29) is 61.4 Å². The van der Waals surface area contributed by atoms with Gasteiger partial charge in [-0.1, -0.05) is 51.3 Å². The topological polar surface area (TPSA) is 116 Å². The first kappa shape index (κ1) is 30.1. The van der Waals surface area contributed by atoms with Crippen molar-refractivity contribution in [2.45, 2.75) is 43.3 Å². The van der Waals surface area contributed by atoms with E-state index < -0.39 is 21.6 Å². The third kappa shape index (κ3) is 5.04. The number of imidazole rings is 1. The summed E-state index contributed by atoms with van der Waals surface area (Å²) in [5.74, 6) is -0.598. The van der Waals surface area contributed by atoms with Crippen LogP contribution in [-0.4, -0.2) is 82.1 Å². The zero-order chi connectivity index (χ0) is 30.8. The molecule has 4 heterocycles. The van der Waals surface area contributed by atoms with E-state index in [1.807, 2.05) is 24.3 Å². The molecule has 11 nitrogen and oxygen atoms in total. The maximum atomic E-state index is 14.3. The molecule has 3 aliphatic rings. The molecule has 3 aromatic rings.